The molecule has 1 fully saturated rings. The van der Waals surface area contributed by atoms with Crippen LogP contribution >= 0.6 is 0 Å². The average Bonchev–Trinajstić information content (AvgIpc) is 3.52. The second-order valence-electron chi connectivity index (χ2n) is 8.80. The topological polar surface area (TPSA) is 77.6 Å². The Morgan fingerprint density at radius 1 is 1.15 bits per heavy atom. The molecule has 33 heavy (non-hydrogen) atoms. The molecule has 3 heterocycles. The van der Waals surface area contributed by atoms with Crippen molar-refractivity contribution in [1.82, 2.24) is 24.5 Å². The van der Waals surface area contributed by atoms with E-state index in [9.17, 15) is 4.79 Å². The number of carbonyl (C=O) groups excluding carboxylic acids is 1. The number of benzene rings is 2. The van der Waals surface area contributed by atoms with Crippen molar-refractivity contribution in [3.05, 3.63) is 83.4 Å². The first-order chi connectivity index (χ1) is 16.1. The van der Waals surface area contributed by atoms with Gasteiger partial charge in [-0.05, 0) is 42.2 Å². The average molecular weight is 437 g/mol. The highest BCUT2D eigenvalue weighted by Gasteiger charge is 2.28. The molecular weight excluding hydrogens is 412 g/mol. The molecule has 5 aromatic rings. The van der Waals surface area contributed by atoms with E-state index in [2.05, 4.69) is 45.8 Å². The third-order valence-corrected chi connectivity index (χ3v) is 6.33. The number of aromatic nitrogens is 5. The third kappa shape index (κ3) is 3.55. The lowest BCUT2D eigenvalue weighted by Crippen LogP contribution is -2.13. The fraction of sp³-hybridized carbons (Fsp3) is 0.231. The molecule has 0 atom stereocenters. The summed E-state index contributed by atoms with van der Waals surface area (Å²) in [5.74, 6) is 0.282. The minimum atomic E-state index is -0.162. The molecule has 0 radical (unpaired) electrons. The number of pyridine rings is 1. The Morgan fingerprint density at radius 3 is 2.82 bits per heavy atom. The summed E-state index contributed by atoms with van der Waals surface area (Å²) in [5.41, 5.74) is 5.01. The van der Waals surface area contributed by atoms with Gasteiger partial charge in [0, 0.05) is 24.9 Å². The van der Waals surface area contributed by atoms with Gasteiger partial charge in [0.05, 0.1) is 35.1 Å². The first-order valence-electron chi connectivity index (χ1n) is 11.2. The summed E-state index contributed by atoms with van der Waals surface area (Å²) in [7, 11) is 1.87. The second kappa shape index (κ2) is 7.55. The van der Waals surface area contributed by atoms with E-state index in [0.717, 1.165) is 35.3 Å². The van der Waals surface area contributed by atoms with Gasteiger partial charge in [-0.15, -0.1) is 0 Å². The maximum atomic E-state index is 13.3. The Morgan fingerprint density at radius 2 is 1.97 bits per heavy atom. The summed E-state index contributed by atoms with van der Waals surface area (Å²) in [4.78, 5) is 18.1. The molecule has 0 aliphatic heterocycles. The minimum Gasteiger partial charge on any atom is -0.319 e. The molecule has 0 unspecified atom stereocenters. The molecular formula is C26H24N6O. The van der Waals surface area contributed by atoms with Crippen molar-refractivity contribution in [2.45, 2.75) is 32.2 Å². The van der Waals surface area contributed by atoms with Crippen LogP contribution in [0.2, 0.25) is 0 Å². The highest BCUT2D eigenvalue weighted by atomic mass is 16.1. The van der Waals surface area contributed by atoms with Crippen LogP contribution in [0.3, 0.4) is 0 Å². The van der Waals surface area contributed by atoms with Crippen molar-refractivity contribution >= 4 is 33.4 Å². The van der Waals surface area contributed by atoms with Crippen LogP contribution in [0.5, 0.6) is 0 Å². The number of nitrogens with one attached hydrogen (secondary N) is 1. The maximum Gasteiger partial charge on any atom is 0.256 e. The molecule has 0 spiro atoms. The van der Waals surface area contributed by atoms with Crippen LogP contribution in [-0.4, -0.2) is 30.5 Å². The lowest BCUT2D eigenvalue weighted by molar-refractivity contribution is 0.102. The zero-order chi connectivity index (χ0) is 22.5. The van der Waals surface area contributed by atoms with Crippen LogP contribution in [0, 0.1) is 6.92 Å². The van der Waals surface area contributed by atoms with Gasteiger partial charge in [-0.2, -0.15) is 10.2 Å². The molecule has 7 nitrogen and oxygen atoms in total. The molecule has 0 saturated heterocycles. The number of hydrogen-bond acceptors (Lipinski definition) is 4. The second-order valence-corrected chi connectivity index (χ2v) is 8.80. The van der Waals surface area contributed by atoms with Gasteiger partial charge in [0.2, 0.25) is 0 Å². The summed E-state index contributed by atoms with van der Waals surface area (Å²) in [6.07, 6.45) is 5.81. The first kappa shape index (κ1) is 19.7. The molecule has 2 aromatic carbocycles. The van der Waals surface area contributed by atoms with Crippen molar-refractivity contribution in [3.8, 4) is 0 Å². The molecule has 1 saturated carbocycles. The monoisotopic (exact) mass is 436 g/mol. The van der Waals surface area contributed by atoms with Crippen molar-refractivity contribution in [3.63, 3.8) is 0 Å². The Bertz CT molecular complexity index is 1520. The Balaban J connectivity index is 1.29. The van der Waals surface area contributed by atoms with Crippen molar-refractivity contribution in [2.75, 3.05) is 5.32 Å². The fourth-order valence-corrected chi connectivity index (χ4v) is 4.55. The molecule has 7 heteroatoms. The number of carbonyl (C=O) groups is 1. The Hall–Kier alpha value is -4.00. The molecule has 1 aliphatic carbocycles. The van der Waals surface area contributed by atoms with Crippen LogP contribution < -0.4 is 5.32 Å². The number of anilines is 1. The highest BCUT2D eigenvalue weighted by Crippen LogP contribution is 2.40. The van der Waals surface area contributed by atoms with Crippen molar-refractivity contribution in [2.24, 2.45) is 7.05 Å². The minimum absolute atomic E-state index is 0.162. The number of fused-ring (bicyclic) bond motifs is 2. The lowest BCUT2D eigenvalue weighted by Gasteiger charge is -2.08. The SMILES string of the molecule is Cc1nn(C)c2nc(C3CC3)cc(C(=O)Nc3cnn(Cc4cccc5ccccc45)c3)c12. The normalized spacial score (nSPS) is 13.6. The first-order valence-corrected chi connectivity index (χ1v) is 11.2. The van der Waals surface area contributed by atoms with Gasteiger partial charge in [0.15, 0.2) is 5.65 Å². The van der Waals surface area contributed by atoms with E-state index < -0.39 is 0 Å². The van der Waals surface area contributed by atoms with E-state index in [1.807, 2.05) is 43.0 Å². The highest BCUT2D eigenvalue weighted by molar-refractivity contribution is 6.12. The predicted octanol–water partition coefficient (Wildman–Crippen LogP) is 4.80. The standard InChI is InChI=1S/C26H24N6O/c1-16-24-22(12-23(18-10-11-18)29-25(24)31(2)30-16)26(33)28-20-13-27-32(15-20)14-19-8-5-7-17-6-3-4-9-21(17)19/h3-9,12-13,15,18H,10-11,14H2,1-2H3,(H,28,33). The van der Waals surface area contributed by atoms with Crippen molar-refractivity contribution < 1.29 is 4.79 Å². The van der Waals surface area contributed by atoms with Gasteiger partial charge in [0.1, 0.15) is 0 Å². The van der Waals surface area contributed by atoms with Crippen molar-refractivity contribution in [1.29, 1.82) is 0 Å². The molecule has 1 N–H and O–H groups in total. The van der Waals surface area contributed by atoms with Gasteiger partial charge in [-0.25, -0.2) is 4.98 Å². The van der Waals surface area contributed by atoms with Crippen LogP contribution in [0.15, 0.2) is 60.9 Å². The number of amides is 1. The van der Waals surface area contributed by atoms with E-state index in [0.29, 0.717) is 23.7 Å². The zero-order valence-corrected chi connectivity index (χ0v) is 18.6. The molecule has 1 aliphatic rings. The lowest BCUT2D eigenvalue weighted by atomic mass is 10.0. The quantitative estimate of drug-likeness (QED) is 0.429. The van der Waals surface area contributed by atoms with Crippen LogP contribution in [0.4, 0.5) is 5.69 Å². The summed E-state index contributed by atoms with van der Waals surface area (Å²) >= 11 is 0. The van der Waals surface area contributed by atoms with E-state index in [1.165, 1.54) is 16.3 Å². The molecule has 1 amide bonds. The summed E-state index contributed by atoms with van der Waals surface area (Å²) < 4.78 is 3.61. The Kier molecular flexibility index (Phi) is 4.50. The summed E-state index contributed by atoms with van der Waals surface area (Å²) in [6.45, 7) is 2.55. The van der Waals surface area contributed by atoms with Gasteiger partial charge < -0.3 is 5.32 Å². The Labute approximate surface area is 191 Å². The third-order valence-electron chi connectivity index (χ3n) is 6.33. The molecule has 0 bridgehead atoms. The van der Waals surface area contributed by atoms with Crippen LogP contribution in [-0.2, 0) is 13.6 Å². The molecule has 164 valence electrons. The van der Waals surface area contributed by atoms with Gasteiger partial charge in [-0.3, -0.25) is 14.2 Å². The number of nitrogens with zero attached hydrogens (tertiary/aromatic N) is 5. The van der Waals surface area contributed by atoms with E-state index in [-0.39, 0.29) is 5.91 Å². The molecule has 6 rings (SSSR count). The van der Waals surface area contributed by atoms with Crippen LogP contribution in [0.25, 0.3) is 21.8 Å². The summed E-state index contributed by atoms with van der Waals surface area (Å²) in [6, 6.07) is 16.5. The van der Waals surface area contributed by atoms with Crippen LogP contribution in [0.1, 0.15) is 46.1 Å². The number of aryl methyl sites for hydroxylation is 2. The summed E-state index contributed by atoms with van der Waals surface area (Å²) in [5, 5.41) is 15.2. The number of hydrogen-bond donors (Lipinski definition) is 1. The van der Waals surface area contributed by atoms with Gasteiger partial charge in [0.25, 0.3) is 5.91 Å². The van der Waals surface area contributed by atoms with E-state index >= 15 is 0 Å². The van der Waals surface area contributed by atoms with Gasteiger partial charge in [-0.1, -0.05) is 42.5 Å². The van der Waals surface area contributed by atoms with Gasteiger partial charge >= 0.3 is 0 Å². The smallest absolute Gasteiger partial charge is 0.256 e. The number of rotatable bonds is 5. The predicted molar refractivity (Wildman–Crippen MR) is 128 cm³/mol. The fourth-order valence-electron chi connectivity index (χ4n) is 4.55. The molecule has 3 aromatic heterocycles. The van der Waals surface area contributed by atoms with E-state index in [1.54, 1.807) is 10.9 Å². The largest absolute Gasteiger partial charge is 0.319 e. The zero-order valence-electron chi connectivity index (χ0n) is 18.6. The van der Waals surface area contributed by atoms with E-state index in [4.69, 9.17) is 4.98 Å². The maximum absolute atomic E-state index is 13.3.